The molecule has 1 aliphatic heterocycles. The summed E-state index contributed by atoms with van der Waals surface area (Å²) in [6, 6.07) is 0. The van der Waals surface area contributed by atoms with E-state index >= 15 is 0 Å². The van der Waals surface area contributed by atoms with Crippen LogP contribution in [0.1, 0.15) is 6.42 Å². The van der Waals surface area contributed by atoms with Gasteiger partial charge in [0.2, 0.25) is 5.91 Å². The van der Waals surface area contributed by atoms with Gasteiger partial charge in [0.1, 0.15) is 0 Å². The Labute approximate surface area is 48.8 Å². The summed E-state index contributed by atoms with van der Waals surface area (Å²) in [5.41, 5.74) is 0. The number of likely N-dealkylation sites (tertiary alicyclic amines) is 1. The van der Waals surface area contributed by atoms with E-state index in [2.05, 4.69) is 6.58 Å². The summed E-state index contributed by atoms with van der Waals surface area (Å²) < 4.78 is 0. The molecule has 1 rings (SSSR count). The fourth-order valence-corrected chi connectivity index (χ4v) is 0.723. The molecular formula is C6H8NO. The Balaban J connectivity index is 2.54. The van der Waals surface area contributed by atoms with Gasteiger partial charge in [-0.05, 0) is 12.6 Å². The number of carbonyl (C=O) groups excluding carboxylic acids is 1. The monoisotopic (exact) mass is 110 g/mol. The highest BCUT2D eigenvalue weighted by molar-refractivity contribution is 5.80. The second-order valence-electron chi connectivity index (χ2n) is 1.72. The minimum Gasteiger partial charge on any atom is -0.319 e. The van der Waals surface area contributed by atoms with E-state index in [-0.39, 0.29) is 5.91 Å². The van der Waals surface area contributed by atoms with Crippen molar-refractivity contribution >= 4 is 5.91 Å². The van der Waals surface area contributed by atoms with Gasteiger partial charge in [-0.15, -0.1) is 0 Å². The summed E-state index contributed by atoms with van der Waals surface area (Å²) >= 11 is 0. The first kappa shape index (κ1) is 5.35. The average molecular weight is 110 g/mol. The summed E-state index contributed by atoms with van der Waals surface area (Å²) in [5.74, 6) is 0.153. The van der Waals surface area contributed by atoms with E-state index in [1.54, 1.807) is 11.1 Å². The summed E-state index contributed by atoms with van der Waals surface area (Å²) in [4.78, 5) is 12.2. The highest BCUT2D eigenvalue weighted by Crippen LogP contribution is 2.06. The van der Waals surface area contributed by atoms with E-state index in [0.717, 1.165) is 6.54 Å². The molecule has 1 fully saturated rings. The first-order chi connectivity index (χ1) is 3.84. The third-order valence-corrected chi connectivity index (χ3v) is 1.19. The largest absolute Gasteiger partial charge is 0.319 e. The third kappa shape index (κ3) is 0.735. The molecule has 0 unspecified atom stereocenters. The van der Waals surface area contributed by atoms with Crippen LogP contribution in [0, 0.1) is 6.42 Å². The van der Waals surface area contributed by atoms with Crippen LogP contribution < -0.4 is 0 Å². The Morgan fingerprint density at radius 1 is 1.88 bits per heavy atom. The van der Waals surface area contributed by atoms with Crippen molar-refractivity contribution in [3.8, 4) is 0 Å². The van der Waals surface area contributed by atoms with Crippen molar-refractivity contribution < 1.29 is 4.79 Å². The maximum absolute atomic E-state index is 10.6. The number of amides is 1. The van der Waals surface area contributed by atoms with E-state index in [0.29, 0.717) is 6.42 Å². The molecule has 0 bridgehead atoms. The Morgan fingerprint density at radius 3 is 2.88 bits per heavy atom. The van der Waals surface area contributed by atoms with Gasteiger partial charge in [0.15, 0.2) is 0 Å². The van der Waals surface area contributed by atoms with Crippen LogP contribution in [0.25, 0.3) is 0 Å². The molecule has 1 aliphatic rings. The molecule has 43 valence electrons. The molecule has 0 aromatic heterocycles. The first-order valence-corrected chi connectivity index (χ1v) is 2.58. The van der Waals surface area contributed by atoms with Gasteiger partial charge in [0.25, 0.3) is 0 Å². The Bertz CT molecular complexity index is 120. The fourth-order valence-electron chi connectivity index (χ4n) is 0.723. The molecule has 0 atom stereocenters. The van der Waals surface area contributed by atoms with E-state index in [9.17, 15) is 4.79 Å². The topological polar surface area (TPSA) is 20.3 Å². The van der Waals surface area contributed by atoms with Crippen LogP contribution in [-0.4, -0.2) is 17.4 Å². The van der Waals surface area contributed by atoms with E-state index in [1.165, 1.54) is 0 Å². The van der Waals surface area contributed by atoms with Gasteiger partial charge >= 0.3 is 0 Å². The summed E-state index contributed by atoms with van der Waals surface area (Å²) in [6.45, 7) is 4.22. The SMILES string of the molecule is C=CN1C[CH]CC1=O. The van der Waals surface area contributed by atoms with E-state index in [1.807, 2.05) is 6.42 Å². The standard InChI is InChI=1S/C6H8NO/c1-2-7-5-3-4-6(7)8/h2-3H,1,4-5H2. The molecule has 8 heavy (non-hydrogen) atoms. The van der Waals surface area contributed by atoms with Crippen LogP contribution in [0.4, 0.5) is 0 Å². The van der Waals surface area contributed by atoms with Crippen LogP contribution in [0.5, 0.6) is 0 Å². The van der Waals surface area contributed by atoms with Crippen molar-refractivity contribution in [2.45, 2.75) is 6.42 Å². The number of hydrogen-bond donors (Lipinski definition) is 0. The lowest BCUT2D eigenvalue weighted by Crippen LogP contribution is -2.16. The minimum absolute atomic E-state index is 0.153. The van der Waals surface area contributed by atoms with Crippen LogP contribution in [0.15, 0.2) is 12.8 Å². The second-order valence-corrected chi connectivity index (χ2v) is 1.72. The van der Waals surface area contributed by atoms with Gasteiger partial charge in [0, 0.05) is 13.0 Å². The highest BCUT2D eigenvalue weighted by Gasteiger charge is 2.16. The molecular weight excluding hydrogens is 102 g/mol. The molecule has 1 radical (unpaired) electrons. The zero-order chi connectivity index (χ0) is 5.98. The predicted octanol–water partition coefficient (Wildman–Crippen LogP) is 0.566. The van der Waals surface area contributed by atoms with Crippen LogP contribution in [-0.2, 0) is 4.79 Å². The summed E-state index contributed by atoms with van der Waals surface area (Å²) in [6.07, 6.45) is 4.07. The Hall–Kier alpha value is -0.790. The van der Waals surface area contributed by atoms with Crippen molar-refractivity contribution in [3.05, 3.63) is 19.2 Å². The molecule has 1 amide bonds. The van der Waals surface area contributed by atoms with Crippen molar-refractivity contribution in [1.82, 2.24) is 4.90 Å². The van der Waals surface area contributed by atoms with Gasteiger partial charge in [0.05, 0.1) is 0 Å². The molecule has 0 saturated carbocycles. The lowest BCUT2D eigenvalue weighted by molar-refractivity contribution is -0.125. The van der Waals surface area contributed by atoms with Gasteiger partial charge in [-0.3, -0.25) is 4.79 Å². The van der Waals surface area contributed by atoms with Crippen molar-refractivity contribution in [2.75, 3.05) is 6.54 Å². The molecule has 0 N–H and O–H groups in total. The lowest BCUT2D eigenvalue weighted by atomic mass is 10.4. The molecule has 0 aliphatic carbocycles. The van der Waals surface area contributed by atoms with Gasteiger partial charge in [-0.25, -0.2) is 0 Å². The van der Waals surface area contributed by atoms with E-state index < -0.39 is 0 Å². The minimum atomic E-state index is 0.153. The molecule has 0 aromatic carbocycles. The fraction of sp³-hybridized carbons (Fsp3) is 0.333. The zero-order valence-electron chi connectivity index (χ0n) is 4.63. The van der Waals surface area contributed by atoms with Crippen molar-refractivity contribution in [1.29, 1.82) is 0 Å². The van der Waals surface area contributed by atoms with Crippen LogP contribution >= 0.6 is 0 Å². The van der Waals surface area contributed by atoms with E-state index in [4.69, 9.17) is 0 Å². The average Bonchev–Trinajstić information content (AvgIpc) is 2.14. The van der Waals surface area contributed by atoms with Gasteiger partial charge in [-0.1, -0.05) is 6.58 Å². The van der Waals surface area contributed by atoms with Crippen LogP contribution in [0.3, 0.4) is 0 Å². The Kier molecular flexibility index (Phi) is 1.33. The molecule has 1 saturated heterocycles. The highest BCUT2D eigenvalue weighted by atomic mass is 16.2. The second kappa shape index (κ2) is 1.99. The molecule has 0 aromatic rings. The van der Waals surface area contributed by atoms with Crippen LogP contribution in [0.2, 0.25) is 0 Å². The number of nitrogens with zero attached hydrogens (tertiary/aromatic N) is 1. The first-order valence-electron chi connectivity index (χ1n) is 2.58. The smallest absolute Gasteiger partial charge is 0.226 e. The number of rotatable bonds is 1. The quantitative estimate of drug-likeness (QED) is 0.483. The van der Waals surface area contributed by atoms with Gasteiger partial charge < -0.3 is 4.90 Å². The third-order valence-electron chi connectivity index (χ3n) is 1.19. The summed E-state index contributed by atoms with van der Waals surface area (Å²) in [5, 5.41) is 0. The van der Waals surface area contributed by atoms with Crippen molar-refractivity contribution in [3.63, 3.8) is 0 Å². The maximum Gasteiger partial charge on any atom is 0.226 e. The Morgan fingerprint density at radius 2 is 2.62 bits per heavy atom. The number of carbonyl (C=O) groups is 1. The molecule has 2 nitrogen and oxygen atoms in total. The normalized spacial score (nSPS) is 19.5. The van der Waals surface area contributed by atoms with Crippen molar-refractivity contribution in [2.24, 2.45) is 0 Å². The predicted molar refractivity (Wildman–Crippen MR) is 30.8 cm³/mol. The zero-order valence-corrected chi connectivity index (χ0v) is 4.63. The summed E-state index contributed by atoms with van der Waals surface area (Å²) in [7, 11) is 0. The van der Waals surface area contributed by atoms with Gasteiger partial charge in [-0.2, -0.15) is 0 Å². The number of hydrogen-bond acceptors (Lipinski definition) is 1. The molecule has 2 heteroatoms. The molecule has 1 heterocycles. The lowest BCUT2D eigenvalue weighted by Gasteiger charge is -2.05. The maximum atomic E-state index is 10.6. The molecule has 0 spiro atoms.